The monoisotopic (exact) mass is 185 g/mol. The molecule has 1 amide bonds. The van der Waals surface area contributed by atoms with E-state index in [0.29, 0.717) is 0 Å². The van der Waals surface area contributed by atoms with Gasteiger partial charge in [-0.1, -0.05) is 6.92 Å². The predicted octanol–water partition coefficient (Wildman–Crippen LogP) is -0.650. The maximum absolute atomic E-state index is 11.7. The Labute approximate surface area is 77.2 Å². The summed E-state index contributed by atoms with van der Waals surface area (Å²) < 4.78 is 0. The minimum absolute atomic E-state index is 0.0862. The first-order valence-corrected chi connectivity index (χ1v) is 4.68. The van der Waals surface area contributed by atoms with Crippen molar-refractivity contribution in [2.45, 2.75) is 32.0 Å². The highest BCUT2D eigenvalue weighted by Crippen LogP contribution is 2.46. The van der Waals surface area contributed by atoms with E-state index in [1.165, 1.54) is 0 Å². The van der Waals surface area contributed by atoms with Crippen molar-refractivity contribution in [3.8, 4) is 0 Å². The molecule has 0 spiro atoms. The molecule has 2 atom stereocenters. The van der Waals surface area contributed by atoms with E-state index in [-0.39, 0.29) is 24.4 Å². The number of hydrogen-bond donors (Lipinski definition) is 2. The lowest BCUT2D eigenvalue weighted by atomic mass is 10.1. The quantitative estimate of drug-likeness (QED) is 0.570. The van der Waals surface area contributed by atoms with Gasteiger partial charge in [0.15, 0.2) is 0 Å². The lowest BCUT2D eigenvalue weighted by Crippen LogP contribution is -2.35. The van der Waals surface area contributed by atoms with E-state index in [1.54, 1.807) is 4.90 Å². The number of carbonyl (C=O) groups excluding carboxylic acids is 1. The third-order valence-electron chi connectivity index (χ3n) is 3.06. The fraction of sp³-hybridized carbons (Fsp3) is 0.889. The Balaban J connectivity index is 1.99. The molecule has 1 aliphatic carbocycles. The van der Waals surface area contributed by atoms with Crippen LogP contribution in [0.3, 0.4) is 0 Å². The lowest BCUT2D eigenvalue weighted by Gasteiger charge is -2.19. The summed E-state index contributed by atoms with van der Waals surface area (Å²) in [6, 6.07) is 0. The van der Waals surface area contributed by atoms with Gasteiger partial charge >= 0.3 is 0 Å². The second-order valence-corrected chi connectivity index (χ2v) is 4.41. The van der Waals surface area contributed by atoms with Crippen LogP contribution in [0, 0.1) is 5.41 Å². The summed E-state index contributed by atoms with van der Waals surface area (Å²) in [5.74, 6) is 0.0862. The molecular weight excluding hydrogens is 170 g/mol. The van der Waals surface area contributed by atoms with Gasteiger partial charge in [-0.15, -0.1) is 0 Å². The number of carbonyl (C=O) groups is 1. The van der Waals surface area contributed by atoms with Crippen LogP contribution in [0.15, 0.2) is 0 Å². The molecule has 2 fully saturated rings. The van der Waals surface area contributed by atoms with Crippen molar-refractivity contribution in [2.24, 2.45) is 5.41 Å². The first-order valence-electron chi connectivity index (χ1n) is 4.68. The molecule has 1 saturated carbocycles. The predicted molar refractivity (Wildman–Crippen MR) is 45.9 cm³/mol. The highest BCUT2D eigenvalue weighted by atomic mass is 16.3. The molecule has 1 saturated heterocycles. The van der Waals surface area contributed by atoms with Gasteiger partial charge in [-0.2, -0.15) is 0 Å². The van der Waals surface area contributed by atoms with Crippen LogP contribution < -0.4 is 0 Å². The summed E-state index contributed by atoms with van der Waals surface area (Å²) >= 11 is 0. The molecule has 2 rings (SSSR count). The minimum atomic E-state index is -0.758. The number of likely N-dealkylation sites (tertiary alicyclic amines) is 1. The second kappa shape index (κ2) is 2.69. The Bertz CT molecular complexity index is 227. The van der Waals surface area contributed by atoms with Gasteiger partial charge in [0.1, 0.15) is 0 Å². The van der Waals surface area contributed by atoms with Crippen LogP contribution in [-0.4, -0.2) is 46.3 Å². The molecule has 0 radical (unpaired) electrons. The van der Waals surface area contributed by atoms with Crippen molar-refractivity contribution in [1.29, 1.82) is 0 Å². The van der Waals surface area contributed by atoms with Gasteiger partial charge in [-0.3, -0.25) is 4.79 Å². The molecule has 0 aromatic rings. The zero-order valence-electron chi connectivity index (χ0n) is 7.73. The summed E-state index contributed by atoms with van der Waals surface area (Å²) in [5, 5.41) is 18.5. The van der Waals surface area contributed by atoms with Gasteiger partial charge in [-0.25, -0.2) is 0 Å². The molecule has 4 heteroatoms. The van der Waals surface area contributed by atoms with Crippen LogP contribution in [0.2, 0.25) is 0 Å². The maximum atomic E-state index is 11.7. The summed E-state index contributed by atoms with van der Waals surface area (Å²) in [6.07, 6.45) is 0.362. The summed E-state index contributed by atoms with van der Waals surface area (Å²) in [5.41, 5.74) is -0.191. The van der Waals surface area contributed by atoms with Crippen LogP contribution >= 0.6 is 0 Å². The number of amides is 1. The highest BCUT2D eigenvalue weighted by Gasteiger charge is 2.49. The van der Waals surface area contributed by atoms with Gasteiger partial charge in [0.05, 0.1) is 12.2 Å². The number of rotatable bonds is 1. The number of aliphatic hydroxyl groups is 2. The molecule has 0 bridgehead atoms. The Morgan fingerprint density at radius 1 is 1.31 bits per heavy atom. The Hall–Kier alpha value is -0.610. The zero-order chi connectivity index (χ0) is 9.64. The summed E-state index contributed by atoms with van der Waals surface area (Å²) in [6.45, 7) is 2.51. The fourth-order valence-corrected chi connectivity index (χ4v) is 1.72. The zero-order valence-corrected chi connectivity index (χ0v) is 7.73. The molecule has 4 nitrogen and oxygen atoms in total. The topological polar surface area (TPSA) is 60.8 Å². The van der Waals surface area contributed by atoms with E-state index in [9.17, 15) is 15.0 Å². The van der Waals surface area contributed by atoms with E-state index in [1.807, 2.05) is 6.92 Å². The van der Waals surface area contributed by atoms with Gasteiger partial charge in [0.25, 0.3) is 0 Å². The fourth-order valence-electron chi connectivity index (χ4n) is 1.72. The molecule has 2 aliphatic rings. The standard InChI is InChI=1S/C9H15NO3/c1-9(2-3-9)8(13)10-4-6(11)7(12)5-10/h6-7,11-12H,2-5H2,1H3. The van der Waals surface area contributed by atoms with Gasteiger partial charge in [-0.05, 0) is 12.8 Å². The average Bonchev–Trinajstić information content (AvgIpc) is 2.74. The van der Waals surface area contributed by atoms with Crippen molar-refractivity contribution >= 4 is 5.91 Å². The van der Waals surface area contributed by atoms with Crippen LogP contribution in [0.4, 0.5) is 0 Å². The second-order valence-electron chi connectivity index (χ2n) is 4.41. The smallest absolute Gasteiger partial charge is 0.228 e. The van der Waals surface area contributed by atoms with Crippen molar-refractivity contribution in [3.63, 3.8) is 0 Å². The normalized spacial score (nSPS) is 36.4. The molecule has 0 aromatic heterocycles. The average molecular weight is 185 g/mol. The van der Waals surface area contributed by atoms with Crippen molar-refractivity contribution in [3.05, 3.63) is 0 Å². The largest absolute Gasteiger partial charge is 0.388 e. The number of β-amino-alcohol motifs (C(OH)–C–C–N with tert-alkyl or cyclic N) is 2. The van der Waals surface area contributed by atoms with Crippen LogP contribution in [0.25, 0.3) is 0 Å². The van der Waals surface area contributed by atoms with E-state index >= 15 is 0 Å². The number of aliphatic hydroxyl groups excluding tert-OH is 2. The van der Waals surface area contributed by atoms with E-state index in [4.69, 9.17) is 0 Å². The summed E-state index contributed by atoms with van der Waals surface area (Å²) in [4.78, 5) is 13.3. The summed E-state index contributed by atoms with van der Waals surface area (Å²) in [7, 11) is 0. The van der Waals surface area contributed by atoms with Crippen molar-refractivity contribution < 1.29 is 15.0 Å². The molecular formula is C9H15NO3. The molecule has 1 heterocycles. The Morgan fingerprint density at radius 3 is 2.15 bits per heavy atom. The Kier molecular flexibility index (Phi) is 1.85. The first-order chi connectivity index (χ1) is 6.03. The molecule has 2 unspecified atom stereocenters. The van der Waals surface area contributed by atoms with Crippen LogP contribution in [0.5, 0.6) is 0 Å². The third-order valence-corrected chi connectivity index (χ3v) is 3.06. The van der Waals surface area contributed by atoms with Crippen LogP contribution in [-0.2, 0) is 4.79 Å². The van der Waals surface area contributed by atoms with Gasteiger partial charge in [0.2, 0.25) is 5.91 Å². The number of nitrogens with zero attached hydrogens (tertiary/aromatic N) is 1. The van der Waals surface area contributed by atoms with Crippen molar-refractivity contribution in [1.82, 2.24) is 4.90 Å². The number of hydrogen-bond acceptors (Lipinski definition) is 3. The molecule has 2 N–H and O–H groups in total. The highest BCUT2D eigenvalue weighted by molar-refractivity contribution is 5.85. The van der Waals surface area contributed by atoms with Gasteiger partial charge < -0.3 is 15.1 Å². The third kappa shape index (κ3) is 1.44. The SMILES string of the molecule is CC1(C(=O)N2CC(O)C(O)C2)CC1. The maximum Gasteiger partial charge on any atom is 0.228 e. The molecule has 13 heavy (non-hydrogen) atoms. The molecule has 1 aliphatic heterocycles. The van der Waals surface area contributed by atoms with Gasteiger partial charge in [0, 0.05) is 18.5 Å². The Morgan fingerprint density at radius 2 is 1.77 bits per heavy atom. The van der Waals surface area contributed by atoms with E-state index in [0.717, 1.165) is 12.8 Å². The lowest BCUT2D eigenvalue weighted by molar-refractivity contribution is -0.135. The van der Waals surface area contributed by atoms with Crippen molar-refractivity contribution in [2.75, 3.05) is 13.1 Å². The van der Waals surface area contributed by atoms with Crippen LogP contribution in [0.1, 0.15) is 19.8 Å². The molecule has 0 aromatic carbocycles. The van der Waals surface area contributed by atoms with E-state index in [2.05, 4.69) is 0 Å². The first kappa shape index (κ1) is 8.97. The molecule has 74 valence electrons. The van der Waals surface area contributed by atoms with E-state index < -0.39 is 12.2 Å². The minimum Gasteiger partial charge on any atom is -0.388 e.